The summed E-state index contributed by atoms with van der Waals surface area (Å²) in [6.07, 6.45) is -3.32. The van der Waals surface area contributed by atoms with Crippen molar-refractivity contribution in [2.45, 2.75) is 42.9 Å². The van der Waals surface area contributed by atoms with Crippen LogP contribution in [-0.4, -0.2) is 57.6 Å². The molecule has 1 spiro atoms. The molecule has 0 bridgehead atoms. The summed E-state index contributed by atoms with van der Waals surface area (Å²) in [7, 11) is 2.76. The zero-order valence-corrected chi connectivity index (χ0v) is 19.9. The first-order valence-electron chi connectivity index (χ1n) is 11.5. The molecule has 1 saturated heterocycles. The van der Waals surface area contributed by atoms with Crippen LogP contribution in [0.25, 0.3) is 5.82 Å². The van der Waals surface area contributed by atoms with E-state index in [4.69, 9.17) is 14.2 Å². The van der Waals surface area contributed by atoms with Gasteiger partial charge in [-0.1, -0.05) is 12.1 Å². The molecule has 3 aromatic rings. The molecule has 4 atom stereocenters. The smallest absolute Gasteiger partial charge is 0.453 e. The highest BCUT2D eigenvalue weighted by Gasteiger charge is 2.57. The molecule has 3 heterocycles. The number of carbonyl (C=O) groups is 1. The van der Waals surface area contributed by atoms with Gasteiger partial charge in [-0.05, 0) is 59.5 Å². The molecule has 5 rings (SSSR count). The van der Waals surface area contributed by atoms with Crippen LogP contribution in [0.5, 0.6) is 5.75 Å². The number of hydrogen-bond donors (Lipinski definition) is 0. The quantitative estimate of drug-likeness (QED) is 0.369. The Morgan fingerprint density at radius 2 is 1.92 bits per heavy atom. The Kier molecular flexibility index (Phi) is 6.34. The maximum absolute atomic E-state index is 13.7. The fraction of sp³-hybridized carbons (Fsp3) is 0.458. The molecule has 1 aliphatic carbocycles. The number of rotatable bonds is 5. The summed E-state index contributed by atoms with van der Waals surface area (Å²) in [5.74, 6) is -3.10. The second-order valence-corrected chi connectivity index (χ2v) is 9.14. The molecule has 9 nitrogen and oxygen atoms in total. The lowest BCUT2D eigenvalue weighted by Gasteiger charge is -2.33. The normalized spacial score (nSPS) is 25.5. The number of esters is 1. The van der Waals surface area contributed by atoms with Crippen molar-refractivity contribution in [2.75, 3.05) is 20.8 Å². The van der Waals surface area contributed by atoms with Gasteiger partial charge in [0.1, 0.15) is 11.6 Å². The van der Waals surface area contributed by atoms with E-state index in [2.05, 4.69) is 20.5 Å². The van der Waals surface area contributed by atoms with E-state index in [1.165, 1.54) is 38.5 Å². The molecule has 1 aromatic carbocycles. The van der Waals surface area contributed by atoms with E-state index in [1.807, 2.05) is 0 Å². The Balaban J connectivity index is 1.51. The number of halogens is 4. The second kappa shape index (κ2) is 9.36. The molecule has 0 unspecified atom stereocenters. The third kappa shape index (κ3) is 4.41. The highest BCUT2D eigenvalue weighted by atomic mass is 19.4. The highest BCUT2D eigenvalue weighted by Crippen LogP contribution is 2.57. The van der Waals surface area contributed by atoms with Gasteiger partial charge in [-0.25, -0.2) is 9.37 Å². The maximum Gasteiger partial charge on any atom is 0.453 e. The van der Waals surface area contributed by atoms with Crippen molar-refractivity contribution in [1.82, 2.24) is 25.2 Å². The predicted octanol–water partition coefficient (Wildman–Crippen LogP) is 3.83. The monoisotopic (exact) mass is 521 g/mol. The van der Waals surface area contributed by atoms with Crippen LogP contribution in [0.3, 0.4) is 0 Å². The molecule has 0 amide bonds. The average Bonchev–Trinajstić information content (AvgIpc) is 3.63. The topological polar surface area (TPSA) is 101 Å². The van der Waals surface area contributed by atoms with E-state index >= 15 is 0 Å². The van der Waals surface area contributed by atoms with Gasteiger partial charge in [-0.3, -0.25) is 4.79 Å². The number of ether oxygens (including phenoxy) is 3. The molecule has 37 heavy (non-hydrogen) atoms. The number of benzene rings is 1. The Hall–Kier alpha value is -3.61. The largest absolute Gasteiger partial charge is 0.495 e. The fourth-order valence-corrected chi connectivity index (χ4v) is 5.62. The van der Waals surface area contributed by atoms with Crippen molar-refractivity contribution < 1.29 is 36.6 Å². The third-order valence-electron chi connectivity index (χ3n) is 7.16. The molecule has 2 fully saturated rings. The van der Waals surface area contributed by atoms with Crippen LogP contribution in [0, 0.1) is 11.7 Å². The number of methoxy groups -OCH3 is 2. The van der Waals surface area contributed by atoms with Crippen LogP contribution < -0.4 is 4.74 Å². The van der Waals surface area contributed by atoms with Crippen molar-refractivity contribution in [3.8, 4) is 11.6 Å². The minimum Gasteiger partial charge on any atom is -0.495 e. The minimum absolute atomic E-state index is 0.122. The Labute approximate surface area is 208 Å². The van der Waals surface area contributed by atoms with Crippen molar-refractivity contribution in [1.29, 1.82) is 0 Å². The van der Waals surface area contributed by atoms with Crippen LogP contribution in [0.15, 0.2) is 36.4 Å². The van der Waals surface area contributed by atoms with Crippen LogP contribution in [0.4, 0.5) is 17.6 Å². The minimum atomic E-state index is -4.78. The summed E-state index contributed by atoms with van der Waals surface area (Å²) < 4.78 is 71.2. The molecule has 13 heteroatoms. The summed E-state index contributed by atoms with van der Waals surface area (Å²) in [6.45, 7) is 0.195. The van der Waals surface area contributed by atoms with Gasteiger partial charge in [0.2, 0.25) is 0 Å². The van der Waals surface area contributed by atoms with Crippen LogP contribution in [0.1, 0.15) is 48.2 Å². The molecule has 196 valence electrons. The van der Waals surface area contributed by atoms with Crippen molar-refractivity contribution in [3.05, 3.63) is 59.3 Å². The number of aromatic nitrogens is 5. The predicted molar refractivity (Wildman–Crippen MR) is 118 cm³/mol. The van der Waals surface area contributed by atoms with Gasteiger partial charge in [0.25, 0.3) is 5.82 Å². The van der Waals surface area contributed by atoms with E-state index in [1.54, 1.807) is 12.1 Å². The molecule has 2 aromatic heterocycles. The van der Waals surface area contributed by atoms with E-state index < -0.39 is 35.3 Å². The lowest BCUT2D eigenvalue weighted by Crippen LogP contribution is -2.35. The van der Waals surface area contributed by atoms with Gasteiger partial charge < -0.3 is 14.2 Å². The SMILES string of the molecule is COC(=O)[C@H]1CC[C@@]2(C[C@@H](c3nc(-n4nnnc4C(F)(F)F)ccc3OC)CO2)[C@@H]1c1ccc(F)cc1. The summed E-state index contributed by atoms with van der Waals surface area (Å²) in [4.78, 5) is 17.1. The van der Waals surface area contributed by atoms with E-state index in [9.17, 15) is 22.4 Å². The van der Waals surface area contributed by atoms with Crippen molar-refractivity contribution in [3.63, 3.8) is 0 Å². The summed E-state index contributed by atoms with van der Waals surface area (Å²) in [6, 6.07) is 8.78. The summed E-state index contributed by atoms with van der Waals surface area (Å²) in [5.41, 5.74) is 0.350. The second-order valence-electron chi connectivity index (χ2n) is 9.14. The molecule has 2 aliphatic rings. The first kappa shape index (κ1) is 25.1. The average molecular weight is 521 g/mol. The number of alkyl halides is 3. The van der Waals surface area contributed by atoms with Crippen LogP contribution in [0.2, 0.25) is 0 Å². The zero-order chi connectivity index (χ0) is 26.4. The van der Waals surface area contributed by atoms with Gasteiger partial charge >= 0.3 is 12.1 Å². The Morgan fingerprint density at radius 3 is 2.59 bits per heavy atom. The molecular weight excluding hydrogens is 498 g/mol. The molecule has 0 N–H and O–H groups in total. The molecule has 1 saturated carbocycles. The van der Waals surface area contributed by atoms with Crippen molar-refractivity contribution in [2.24, 2.45) is 5.92 Å². The van der Waals surface area contributed by atoms with E-state index in [0.717, 1.165) is 5.56 Å². The standard InChI is InChI=1S/C24H23F4N5O4/c1-35-17-7-8-18(33-22(24(26,27)28)30-31-32-33)29-20(17)14-11-23(37-12-14)10-9-16(21(34)36-2)19(23)13-3-5-15(25)6-4-13/h3-8,14,16,19H,9-12H2,1-2H3/t14-,16+,19-,23-/m1/s1. The first-order valence-corrected chi connectivity index (χ1v) is 11.5. The maximum atomic E-state index is 13.7. The fourth-order valence-electron chi connectivity index (χ4n) is 5.62. The van der Waals surface area contributed by atoms with E-state index in [0.29, 0.717) is 35.4 Å². The van der Waals surface area contributed by atoms with Gasteiger partial charge in [-0.15, -0.1) is 5.10 Å². The highest BCUT2D eigenvalue weighted by molar-refractivity contribution is 5.74. The van der Waals surface area contributed by atoms with Crippen LogP contribution >= 0.6 is 0 Å². The number of tetrazole rings is 1. The summed E-state index contributed by atoms with van der Waals surface area (Å²) in [5, 5.41) is 9.70. The lowest BCUT2D eigenvalue weighted by atomic mass is 9.76. The third-order valence-corrected chi connectivity index (χ3v) is 7.16. The van der Waals surface area contributed by atoms with E-state index in [-0.39, 0.29) is 24.3 Å². The number of hydrogen-bond acceptors (Lipinski definition) is 8. The van der Waals surface area contributed by atoms with Gasteiger partial charge in [0, 0.05) is 11.8 Å². The van der Waals surface area contributed by atoms with Gasteiger partial charge in [0.05, 0.1) is 38.0 Å². The Morgan fingerprint density at radius 1 is 1.16 bits per heavy atom. The van der Waals surface area contributed by atoms with Crippen molar-refractivity contribution >= 4 is 5.97 Å². The first-order chi connectivity index (χ1) is 17.7. The van der Waals surface area contributed by atoms with Gasteiger partial charge in [-0.2, -0.15) is 17.9 Å². The lowest BCUT2D eigenvalue weighted by molar-refractivity contribution is -0.147. The summed E-state index contributed by atoms with van der Waals surface area (Å²) >= 11 is 0. The number of nitrogens with zero attached hydrogens (tertiary/aromatic N) is 5. The Bertz CT molecular complexity index is 1300. The molecule has 0 radical (unpaired) electrons. The number of pyridine rings is 1. The molecular formula is C24H23F4N5O4. The molecule has 1 aliphatic heterocycles. The zero-order valence-electron chi connectivity index (χ0n) is 19.9. The number of carbonyl (C=O) groups excluding carboxylic acids is 1. The van der Waals surface area contributed by atoms with Crippen LogP contribution in [-0.2, 0) is 20.4 Å². The van der Waals surface area contributed by atoms with Gasteiger partial charge in [0.15, 0.2) is 5.82 Å².